The predicted octanol–water partition coefficient (Wildman–Crippen LogP) is 2.87. The van der Waals surface area contributed by atoms with E-state index in [2.05, 4.69) is 28.9 Å². The van der Waals surface area contributed by atoms with Crippen LogP contribution in [0.2, 0.25) is 0 Å². The highest BCUT2D eigenvalue weighted by molar-refractivity contribution is 5.39. The Morgan fingerprint density at radius 2 is 1.94 bits per heavy atom. The normalized spacial score (nSPS) is 18.8. The lowest BCUT2D eigenvalue weighted by atomic mass is 10.1. The van der Waals surface area contributed by atoms with Crippen LogP contribution >= 0.6 is 0 Å². The molecule has 1 aromatic rings. The highest BCUT2D eigenvalue weighted by Gasteiger charge is 2.11. The van der Waals surface area contributed by atoms with Gasteiger partial charge in [-0.25, -0.2) is 4.98 Å². The minimum atomic E-state index is 0.126. The first-order chi connectivity index (χ1) is 8.31. The molecule has 94 valence electrons. The van der Waals surface area contributed by atoms with Crippen molar-refractivity contribution in [3.8, 4) is 0 Å². The van der Waals surface area contributed by atoms with Crippen molar-refractivity contribution in [3.63, 3.8) is 0 Å². The molecule has 3 nitrogen and oxygen atoms in total. The van der Waals surface area contributed by atoms with Gasteiger partial charge in [-0.3, -0.25) is 0 Å². The van der Waals surface area contributed by atoms with Gasteiger partial charge in [-0.2, -0.15) is 0 Å². The molecule has 0 amide bonds. The van der Waals surface area contributed by atoms with Gasteiger partial charge in [-0.1, -0.05) is 25.8 Å². The molecule has 0 radical (unpaired) electrons. The molecule has 1 aliphatic rings. The number of aromatic nitrogens is 1. The third kappa shape index (κ3) is 3.19. The summed E-state index contributed by atoms with van der Waals surface area (Å²) < 4.78 is 0. The van der Waals surface area contributed by atoms with Gasteiger partial charge in [0.05, 0.1) is 0 Å². The second-order valence-corrected chi connectivity index (χ2v) is 4.87. The van der Waals surface area contributed by atoms with E-state index >= 15 is 0 Å². The summed E-state index contributed by atoms with van der Waals surface area (Å²) in [5.74, 6) is 1.11. The Kier molecular flexibility index (Phi) is 4.37. The molecule has 2 heterocycles. The molecule has 1 aromatic heterocycles. The van der Waals surface area contributed by atoms with Gasteiger partial charge >= 0.3 is 0 Å². The molecule has 2 N–H and O–H groups in total. The zero-order valence-electron chi connectivity index (χ0n) is 10.7. The Morgan fingerprint density at radius 1 is 1.24 bits per heavy atom. The van der Waals surface area contributed by atoms with Crippen LogP contribution in [-0.4, -0.2) is 18.1 Å². The van der Waals surface area contributed by atoms with Gasteiger partial charge in [0.25, 0.3) is 0 Å². The molecule has 1 aliphatic heterocycles. The van der Waals surface area contributed by atoms with Crippen LogP contribution in [0.1, 0.15) is 50.6 Å². The first-order valence-electron chi connectivity index (χ1n) is 6.77. The zero-order chi connectivity index (χ0) is 12.1. The van der Waals surface area contributed by atoms with Crippen LogP contribution in [0.15, 0.2) is 18.3 Å². The number of anilines is 1. The topological polar surface area (TPSA) is 42.1 Å². The molecule has 17 heavy (non-hydrogen) atoms. The quantitative estimate of drug-likeness (QED) is 0.873. The molecule has 1 fully saturated rings. The zero-order valence-corrected chi connectivity index (χ0v) is 10.7. The molecule has 0 spiro atoms. The highest BCUT2D eigenvalue weighted by atomic mass is 15.2. The first kappa shape index (κ1) is 12.4. The summed E-state index contributed by atoms with van der Waals surface area (Å²) in [6.45, 7) is 4.39. The number of rotatable bonds is 3. The average Bonchev–Trinajstić information content (AvgIpc) is 2.67. The molecule has 1 unspecified atom stereocenters. The van der Waals surface area contributed by atoms with Crippen LogP contribution in [0, 0.1) is 0 Å². The fourth-order valence-corrected chi connectivity index (χ4v) is 2.34. The van der Waals surface area contributed by atoms with Crippen molar-refractivity contribution in [2.24, 2.45) is 5.73 Å². The van der Waals surface area contributed by atoms with Crippen molar-refractivity contribution in [2.75, 3.05) is 18.0 Å². The van der Waals surface area contributed by atoms with Crippen molar-refractivity contribution < 1.29 is 0 Å². The fourth-order valence-electron chi connectivity index (χ4n) is 2.34. The van der Waals surface area contributed by atoms with E-state index in [4.69, 9.17) is 5.73 Å². The minimum absolute atomic E-state index is 0.126. The van der Waals surface area contributed by atoms with Gasteiger partial charge in [0.15, 0.2) is 0 Å². The van der Waals surface area contributed by atoms with E-state index in [9.17, 15) is 0 Å². The molecule has 2 rings (SSSR count). The maximum Gasteiger partial charge on any atom is 0.128 e. The van der Waals surface area contributed by atoms with E-state index in [1.165, 1.54) is 25.7 Å². The summed E-state index contributed by atoms with van der Waals surface area (Å²) in [7, 11) is 0. The fraction of sp³-hybridized carbons (Fsp3) is 0.643. The van der Waals surface area contributed by atoms with E-state index in [1.54, 1.807) is 0 Å². The Hall–Kier alpha value is -1.09. The third-order valence-electron chi connectivity index (χ3n) is 3.57. The van der Waals surface area contributed by atoms with Crippen LogP contribution in [0.5, 0.6) is 0 Å². The number of nitrogens with zero attached hydrogens (tertiary/aromatic N) is 2. The Morgan fingerprint density at radius 3 is 2.47 bits per heavy atom. The SMILES string of the molecule is CCC(N)c1ccc(N2CCCCCC2)nc1. The van der Waals surface area contributed by atoms with Crippen LogP contribution in [0.25, 0.3) is 0 Å². The summed E-state index contributed by atoms with van der Waals surface area (Å²) >= 11 is 0. The van der Waals surface area contributed by atoms with Crippen molar-refractivity contribution in [3.05, 3.63) is 23.9 Å². The maximum atomic E-state index is 5.99. The van der Waals surface area contributed by atoms with E-state index in [1.807, 2.05) is 6.20 Å². The number of nitrogens with two attached hydrogens (primary N) is 1. The number of pyridine rings is 1. The van der Waals surface area contributed by atoms with Crippen LogP contribution in [0.3, 0.4) is 0 Å². The first-order valence-corrected chi connectivity index (χ1v) is 6.77. The van der Waals surface area contributed by atoms with Gasteiger partial charge in [-0.15, -0.1) is 0 Å². The van der Waals surface area contributed by atoms with Gasteiger partial charge in [0.2, 0.25) is 0 Å². The molecular weight excluding hydrogens is 210 g/mol. The highest BCUT2D eigenvalue weighted by Crippen LogP contribution is 2.19. The monoisotopic (exact) mass is 233 g/mol. The summed E-state index contributed by atoms with van der Waals surface area (Å²) in [5.41, 5.74) is 7.14. The summed E-state index contributed by atoms with van der Waals surface area (Å²) in [6.07, 6.45) is 8.19. The lowest BCUT2D eigenvalue weighted by Crippen LogP contribution is -2.24. The van der Waals surface area contributed by atoms with Gasteiger partial charge in [0.1, 0.15) is 5.82 Å². The van der Waals surface area contributed by atoms with Crippen molar-refractivity contribution in [1.29, 1.82) is 0 Å². The summed E-state index contributed by atoms with van der Waals surface area (Å²) in [5, 5.41) is 0. The molecular formula is C14H23N3. The van der Waals surface area contributed by atoms with Gasteiger partial charge in [-0.05, 0) is 30.9 Å². The van der Waals surface area contributed by atoms with Crippen LogP contribution in [-0.2, 0) is 0 Å². The second kappa shape index (κ2) is 6.01. The number of hydrogen-bond acceptors (Lipinski definition) is 3. The lowest BCUT2D eigenvalue weighted by Gasteiger charge is -2.21. The molecule has 0 aliphatic carbocycles. The standard InChI is InChI=1S/C14H23N3/c1-2-13(15)12-7-8-14(16-11-12)17-9-5-3-4-6-10-17/h7-8,11,13H,2-6,9-10,15H2,1H3. The Bertz CT molecular complexity index is 326. The maximum absolute atomic E-state index is 5.99. The molecule has 0 saturated carbocycles. The molecule has 0 aromatic carbocycles. The van der Waals surface area contributed by atoms with Crippen LogP contribution < -0.4 is 10.6 Å². The van der Waals surface area contributed by atoms with E-state index < -0.39 is 0 Å². The van der Waals surface area contributed by atoms with Crippen molar-refractivity contribution in [1.82, 2.24) is 4.98 Å². The minimum Gasteiger partial charge on any atom is -0.357 e. The second-order valence-electron chi connectivity index (χ2n) is 4.87. The number of hydrogen-bond donors (Lipinski definition) is 1. The molecule has 1 atom stereocenters. The van der Waals surface area contributed by atoms with Gasteiger partial charge < -0.3 is 10.6 Å². The Labute approximate surface area is 104 Å². The van der Waals surface area contributed by atoms with Crippen LogP contribution in [0.4, 0.5) is 5.82 Å². The summed E-state index contributed by atoms with van der Waals surface area (Å²) in [4.78, 5) is 6.96. The Balaban J connectivity index is 2.05. The molecule has 1 saturated heterocycles. The van der Waals surface area contributed by atoms with Gasteiger partial charge in [0, 0.05) is 25.3 Å². The largest absolute Gasteiger partial charge is 0.357 e. The van der Waals surface area contributed by atoms with Crippen molar-refractivity contribution in [2.45, 2.75) is 45.1 Å². The predicted molar refractivity (Wildman–Crippen MR) is 72.1 cm³/mol. The van der Waals surface area contributed by atoms with E-state index in [0.29, 0.717) is 0 Å². The average molecular weight is 233 g/mol. The molecule has 3 heteroatoms. The third-order valence-corrected chi connectivity index (χ3v) is 3.57. The summed E-state index contributed by atoms with van der Waals surface area (Å²) in [6, 6.07) is 4.37. The smallest absolute Gasteiger partial charge is 0.128 e. The van der Waals surface area contributed by atoms with E-state index in [0.717, 1.165) is 30.9 Å². The molecule has 0 bridgehead atoms. The van der Waals surface area contributed by atoms with Crippen molar-refractivity contribution >= 4 is 5.82 Å². The lowest BCUT2D eigenvalue weighted by molar-refractivity contribution is 0.693. The van der Waals surface area contributed by atoms with E-state index in [-0.39, 0.29) is 6.04 Å².